The van der Waals surface area contributed by atoms with Crippen LogP contribution in [0.1, 0.15) is 43.0 Å². The fourth-order valence-electron chi connectivity index (χ4n) is 2.24. The van der Waals surface area contributed by atoms with Crippen LogP contribution in [0.2, 0.25) is 0 Å². The van der Waals surface area contributed by atoms with Crippen LogP contribution in [0.3, 0.4) is 0 Å². The highest BCUT2D eigenvalue weighted by Gasteiger charge is 2.27. The molecular formula is C16H23NO3. The number of carbonyl (C=O) groups is 1. The molecule has 110 valence electrons. The number of amides is 1. The van der Waals surface area contributed by atoms with Crippen molar-refractivity contribution in [3.05, 3.63) is 29.8 Å². The first-order valence-corrected chi connectivity index (χ1v) is 7.38. The number of unbranched alkanes of at least 4 members (excludes halogenated alkanes) is 1. The SMILES string of the molecule is CCCCOc1ccc(C(=O)NCC2CC(O)C2)cc1. The highest BCUT2D eigenvalue weighted by atomic mass is 16.5. The molecule has 0 saturated heterocycles. The van der Waals surface area contributed by atoms with E-state index in [-0.39, 0.29) is 12.0 Å². The second-order valence-corrected chi connectivity index (χ2v) is 5.43. The molecule has 1 aliphatic rings. The molecule has 2 N–H and O–H groups in total. The standard InChI is InChI=1S/C16H23NO3/c1-2-3-8-20-15-6-4-13(5-7-15)16(19)17-11-12-9-14(18)10-12/h4-7,12,14,18H,2-3,8-11H2,1H3,(H,17,19). The van der Waals surface area contributed by atoms with Crippen molar-refractivity contribution in [2.24, 2.45) is 5.92 Å². The van der Waals surface area contributed by atoms with Crippen LogP contribution >= 0.6 is 0 Å². The minimum Gasteiger partial charge on any atom is -0.494 e. The number of hydrogen-bond acceptors (Lipinski definition) is 3. The number of aliphatic hydroxyl groups is 1. The lowest BCUT2D eigenvalue weighted by atomic mass is 9.82. The molecule has 1 saturated carbocycles. The van der Waals surface area contributed by atoms with Gasteiger partial charge in [-0.05, 0) is 49.4 Å². The van der Waals surface area contributed by atoms with E-state index < -0.39 is 0 Å². The van der Waals surface area contributed by atoms with Crippen LogP contribution in [0.25, 0.3) is 0 Å². The Labute approximate surface area is 120 Å². The van der Waals surface area contributed by atoms with Crippen molar-refractivity contribution < 1.29 is 14.6 Å². The van der Waals surface area contributed by atoms with Crippen LogP contribution in [-0.4, -0.2) is 30.3 Å². The van der Waals surface area contributed by atoms with Crippen molar-refractivity contribution in [2.75, 3.05) is 13.2 Å². The zero-order chi connectivity index (χ0) is 14.4. The van der Waals surface area contributed by atoms with E-state index in [1.165, 1.54) is 0 Å². The van der Waals surface area contributed by atoms with Crippen LogP contribution in [-0.2, 0) is 0 Å². The maximum absolute atomic E-state index is 11.9. The Hall–Kier alpha value is -1.55. The van der Waals surface area contributed by atoms with Gasteiger partial charge in [-0.25, -0.2) is 0 Å². The van der Waals surface area contributed by atoms with Crippen molar-refractivity contribution >= 4 is 5.91 Å². The van der Waals surface area contributed by atoms with Crippen LogP contribution in [0.4, 0.5) is 0 Å². The first-order valence-electron chi connectivity index (χ1n) is 7.38. The first-order chi connectivity index (χ1) is 9.69. The molecular weight excluding hydrogens is 254 g/mol. The van der Waals surface area contributed by atoms with Crippen LogP contribution in [0.15, 0.2) is 24.3 Å². The molecule has 0 aliphatic heterocycles. The lowest BCUT2D eigenvalue weighted by Crippen LogP contribution is -2.38. The summed E-state index contributed by atoms with van der Waals surface area (Å²) in [5, 5.41) is 12.1. The number of benzene rings is 1. The van der Waals surface area contributed by atoms with Gasteiger partial charge in [0.15, 0.2) is 0 Å². The molecule has 1 fully saturated rings. The fraction of sp³-hybridized carbons (Fsp3) is 0.562. The van der Waals surface area contributed by atoms with Gasteiger partial charge in [-0.15, -0.1) is 0 Å². The summed E-state index contributed by atoms with van der Waals surface area (Å²) < 4.78 is 5.56. The third-order valence-electron chi connectivity index (χ3n) is 3.65. The summed E-state index contributed by atoms with van der Waals surface area (Å²) in [5.74, 6) is 1.16. The number of rotatable bonds is 7. The molecule has 2 rings (SSSR count). The highest BCUT2D eigenvalue weighted by Crippen LogP contribution is 2.26. The van der Waals surface area contributed by atoms with E-state index in [9.17, 15) is 9.90 Å². The summed E-state index contributed by atoms with van der Waals surface area (Å²) in [6.07, 6.45) is 3.57. The van der Waals surface area contributed by atoms with Gasteiger partial charge in [-0.2, -0.15) is 0 Å². The number of nitrogens with one attached hydrogen (secondary N) is 1. The number of hydrogen-bond donors (Lipinski definition) is 2. The fourth-order valence-corrected chi connectivity index (χ4v) is 2.24. The van der Waals surface area contributed by atoms with Gasteiger partial charge in [0.05, 0.1) is 12.7 Å². The number of aliphatic hydroxyl groups excluding tert-OH is 1. The Kier molecular flexibility index (Phi) is 5.41. The highest BCUT2D eigenvalue weighted by molar-refractivity contribution is 5.94. The van der Waals surface area contributed by atoms with Crippen molar-refractivity contribution in [1.29, 1.82) is 0 Å². The van der Waals surface area contributed by atoms with Gasteiger partial charge >= 0.3 is 0 Å². The van der Waals surface area contributed by atoms with E-state index in [0.717, 1.165) is 31.4 Å². The minimum absolute atomic E-state index is 0.0634. The van der Waals surface area contributed by atoms with E-state index >= 15 is 0 Å². The summed E-state index contributed by atoms with van der Waals surface area (Å²) in [5.41, 5.74) is 0.646. The molecule has 0 spiro atoms. The predicted molar refractivity (Wildman–Crippen MR) is 77.9 cm³/mol. The number of carbonyl (C=O) groups excluding carboxylic acids is 1. The van der Waals surface area contributed by atoms with E-state index in [0.29, 0.717) is 24.6 Å². The van der Waals surface area contributed by atoms with Gasteiger partial charge in [0.2, 0.25) is 0 Å². The summed E-state index contributed by atoms with van der Waals surface area (Å²) in [4.78, 5) is 11.9. The Morgan fingerprint density at radius 1 is 1.35 bits per heavy atom. The predicted octanol–water partition coefficient (Wildman–Crippen LogP) is 2.37. The molecule has 0 bridgehead atoms. The molecule has 0 radical (unpaired) electrons. The van der Waals surface area contributed by atoms with Gasteiger partial charge in [0.25, 0.3) is 5.91 Å². The molecule has 0 unspecified atom stereocenters. The van der Waals surface area contributed by atoms with Crippen molar-refractivity contribution in [2.45, 2.75) is 38.7 Å². The third-order valence-corrected chi connectivity index (χ3v) is 3.65. The summed E-state index contributed by atoms with van der Waals surface area (Å²) in [6.45, 7) is 3.48. The molecule has 1 amide bonds. The van der Waals surface area contributed by atoms with Crippen molar-refractivity contribution in [3.8, 4) is 5.75 Å². The van der Waals surface area contributed by atoms with E-state index in [2.05, 4.69) is 12.2 Å². The first kappa shape index (κ1) is 14.9. The monoisotopic (exact) mass is 277 g/mol. The van der Waals surface area contributed by atoms with Crippen LogP contribution in [0, 0.1) is 5.92 Å². The molecule has 1 aromatic rings. The minimum atomic E-state index is -0.170. The summed E-state index contributed by atoms with van der Waals surface area (Å²) >= 11 is 0. The lowest BCUT2D eigenvalue weighted by Gasteiger charge is -2.31. The van der Waals surface area contributed by atoms with Gasteiger partial charge in [0, 0.05) is 12.1 Å². The molecule has 0 aromatic heterocycles. The second-order valence-electron chi connectivity index (χ2n) is 5.43. The second kappa shape index (κ2) is 7.29. The molecule has 1 aliphatic carbocycles. The smallest absolute Gasteiger partial charge is 0.251 e. The average Bonchev–Trinajstić information content (AvgIpc) is 2.43. The van der Waals surface area contributed by atoms with Crippen molar-refractivity contribution in [3.63, 3.8) is 0 Å². The maximum atomic E-state index is 11.9. The van der Waals surface area contributed by atoms with E-state index in [4.69, 9.17) is 4.74 Å². The van der Waals surface area contributed by atoms with Gasteiger partial charge < -0.3 is 15.2 Å². The zero-order valence-corrected chi connectivity index (χ0v) is 12.0. The van der Waals surface area contributed by atoms with Gasteiger partial charge in [-0.3, -0.25) is 4.79 Å². The summed E-state index contributed by atoms with van der Waals surface area (Å²) in [7, 11) is 0. The molecule has 4 heteroatoms. The van der Waals surface area contributed by atoms with Gasteiger partial charge in [-0.1, -0.05) is 13.3 Å². The van der Waals surface area contributed by atoms with Crippen molar-refractivity contribution in [1.82, 2.24) is 5.32 Å². The number of ether oxygens (including phenoxy) is 1. The van der Waals surface area contributed by atoms with E-state index in [1.807, 2.05) is 12.1 Å². The molecule has 4 nitrogen and oxygen atoms in total. The van der Waals surface area contributed by atoms with Gasteiger partial charge in [0.1, 0.15) is 5.75 Å². The molecule has 0 atom stereocenters. The zero-order valence-electron chi connectivity index (χ0n) is 12.0. The summed E-state index contributed by atoms with van der Waals surface area (Å²) in [6, 6.07) is 7.23. The third kappa shape index (κ3) is 4.23. The quantitative estimate of drug-likeness (QED) is 0.752. The Morgan fingerprint density at radius 2 is 2.05 bits per heavy atom. The largest absolute Gasteiger partial charge is 0.494 e. The molecule has 0 heterocycles. The Morgan fingerprint density at radius 3 is 2.65 bits per heavy atom. The van der Waals surface area contributed by atoms with Crippen LogP contribution in [0.5, 0.6) is 5.75 Å². The molecule has 1 aromatic carbocycles. The lowest BCUT2D eigenvalue weighted by molar-refractivity contribution is 0.0420. The maximum Gasteiger partial charge on any atom is 0.251 e. The van der Waals surface area contributed by atoms with Crippen LogP contribution < -0.4 is 10.1 Å². The average molecular weight is 277 g/mol. The molecule has 20 heavy (non-hydrogen) atoms. The normalized spacial score (nSPS) is 21.1. The Bertz CT molecular complexity index is 424. The Balaban J connectivity index is 1.75. The van der Waals surface area contributed by atoms with E-state index in [1.54, 1.807) is 12.1 Å². The topological polar surface area (TPSA) is 58.6 Å².